The van der Waals surface area contributed by atoms with E-state index in [1.165, 1.54) is 14.2 Å². The van der Waals surface area contributed by atoms with Crippen molar-refractivity contribution >= 4 is 5.97 Å². The number of methoxy groups -OCH3 is 2. The smallest absolute Gasteiger partial charge is 0.307 e. The molecule has 5 nitrogen and oxygen atoms in total. The minimum Gasteiger partial charge on any atom is -0.493 e. The van der Waals surface area contributed by atoms with Crippen molar-refractivity contribution in [1.82, 2.24) is 0 Å². The van der Waals surface area contributed by atoms with Crippen molar-refractivity contribution in [2.45, 2.75) is 26.4 Å². The minimum atomic E-state index is -0.921. The summed E-state index contributed by atoms with van der Waals surface area (Å²) in [5.41, 5.74) is 0.564. The molecule has 0 aliphatic rings. The average Bonchev–Trinajstić information content (AvgIpc) is 2.29. The first-order valence-corrected chi connectivity index (χ1v) is 5.61. The van der Waals surface area contributed by atoms with Gasteiger partial charge in [-0.05, 0) is 19.9 Å². The van der Waals surface area contributed by atoms with Crippen LogP contribution in [-0.4, -0.2) is 31.4 Å². The Bertz CT molecular complexity index is 426. The summed E-state index contributed by atoms with van der Waals surface area (Å²) >= 11 is 0. The summed E-state index contributed by atoms with van der Waals surface area (Å²) in [6.07, 6.45) is -0.207. The number of carbonyl (C=O) groups is 1. The van der Waals surface area contributed by atoms with Crippen LogP contribution in [0.25, 0.3) is 0 Å². The van der Waals surface area contributed by atoms with Crippen LogP contribution in [0.5, 0.6) is 17.2 Å². The quantitative estimate of drug-likeness (QED) is 0.842. The second-order valence-electron chi connectivity index (χ2n) is 4.03. The fourth-order valence-electron chi connectivity index (χ4n) is 1.61. The van der Waals surface area contributed by atoms with Crippen molar-refractivity contribution < 1.29 is 24.1 Å². The average molecular weight is 254 g/mol. The lowest BCUT2D eigenvalue weighted by Crippen LogP contribution is -2.11. The predicted molar refractivity (Wildman–Crippen MR) is 66.6 cm³/mol. The van der Waals surface area contributed by atoms with E-state index in [-0.39, 0.29) is 12.5 Å². The maximum atomic E-state index is 10.8. The summed E-state index contributed by atoms with van der Waals surface area (Å²) in [5.74, 6) is 0.442. The van der Waals surface area contributed by atoms with Crippen LogP contribution in [0.3, 0.4) is 0 Å². The van der Waals surface area contributed by atoms with Crippen LogP contribution in [0, 0.1) is 0 Å². The Morgan fingerprint density at radius 2 is 1.89 bits per heavy atom. The van der Waals surface area contributed by atoms with Crippen LogP contribution in [0.15, 0.2) is 12.1 Å². The van der Waals surface area contributed by atoms with Gasteiger partial charge in [0.15, 0.2) is 11.5 Å². The second kappa shape index (κ2) is 6.14. The molecule has 0 amide bonds. The number of aliphatic carboxylic acids is 1. The van der Waals surface area contributed by atoms with Crippen LogP contribution in [0.4, 0.5) is 0 Å². The first-order chi connectivity index (χ1) is 8.49. The van der Waals surface area contributed by atoms with Gasteiger partial charge in [-0.25, -0.2) is 0 Å². The van der Waals surface area contributed by atoms with E-state index in [0.717, 1.165) is 0 Å². The standard InChI is InChI=1S/C13H18O5/c1-8(2)18-12-9(7-11(14)15)5-6-10(16-3)13(12)17-4/h5-6,8H,7H2,1-4H3,(H,14,15). The van der Waals surface area contributed by atoms with Crippen molar-refractivity contribution in [2.24, 2.45) is 0 Å². The number of benzene rings is 1. The molecule has 0 bridgehead atoms. The van der Waals surface area contributed by atoms with Crippen LogP contribution in [0.2, 0.25) is 0 Å². The van der Waals surface area contributed by atoms with Crippen molar-refractivity contribution in [1.29, 1.82) is 0 Å². The lowest BCUT2D eigenvalue weighted by molar-refractivity contribution is -0.136. The van der Waals surface area contributed by atoms with Crippen LogP contribution in [-0.2, 0) is 11.2 Å². The summed E-state index contributed by atoms with van der Waals surface area (Å²) in [7, 11) is 3.02. The van der Waals surface area contributed by atoms with Crippen molar-refractivity contribution in [2.75, 3.05) is 14.2 Å². The van der Waals surface area contributed by atoms with E-state index in [2.05, 4.69) is 0 Å². The van der Waals surface area contributed by atoms with Gasteiger partial charge in [0.1, 0.15) is 0 Å². The van der Waals surface area contributed by atoms with Gasteiger partial charge in [-0.1, -0.05) is 6.07 Å². The molecule has 100 valence electrons. The third kappa shape index (κ3) is 3.29. The minimum absolute atomic E-state index is 0.0847. The topological polar surface area (TPSA) is 65.0 Å². The first kappa shape index (κ1) is 14.2. The third-order valence-corrected chi connectivity index (χ3v) is 2.28. The molecule has 18 heavy (non-hydrogen) atoms. The fourth-order valence-corrected chi connectivity index (χ4v) is 1.61. The van der Waals surface area contributed by atoms with E-state index in [9.17, 15) is 4.79 Å². The Morgan fingerprint density at radius 3 is 2.33 bits per heavy atom. The number of rotatable bonds is 6. The zero-order chi connectivity index (χ0) is 13.7. The lowest BCUT2D eigenvalue weighted by Gasteiger charge is -2.18. The summed E-state index contributed by atoms with van der Waals surface area (Å²) < 4.78 is 16.1. The predicted octanol–water partition coefficient (Wildman–Crippen LogP) is 2.12. The Morgan fingerprint density at radius 1 is 1.22 bits per heavy atom. The van der Waals surface area contributed by atoms with E-state index < -0.39 is 5.97 Å². The highest BCUT2D eigenvalue weighted by Crippen LogP contribution is 2.40. The lowest BCUT2D eigenvalue weighted by atomic mass is 10.1. The molecule has 1 aromatic rings. The van der Waals surface area contributed by atoms with Gasteiger partial charge in [0, 0.05) is 5.56 Å². The molecule has 0 atom stereocenters. The van der Waals surface area contributed by atoms with Gasteiger partial charge in [0.2, 0.25) is 5.75 Å². The van der Waals surface area contributed by atoms with Crippen molar-refractivity contribution in [3.63, 3.8) is 0 Å². The SMILES string of the molecule is COc1ccc(CC(=O)O)c(OC(C)C)c1OC. The number of carboxylic acid groups (broad SMARTS) is 1. The highest BCUT2D eigenvalue weighted by atomic mass is 16.5. The molecule has 0 spiro atoms. The van der Waals surface area contributed by atoms with Gasteiger partial charge in [0.25, 0.3) is 0 Å². The summed E-state index contributed by atoms with van der Waals surface area (Å²) in [4.78, 5) is 10.8. The summed E-state index contributed by atoms with van der Waals surface area (Å²) in [6, 6.07) is 3.34. The molecule has 1 N–H and O–H groups in total. The maximum absolute atomic E-state index is 10.8. The molecular weight excluding hydrogens is 236 g/mol. The third-order valence-electron chi connectivity index (χ3n) is 2.28. The molecule has 0 saturated carbocycles. The zero-order valence-corrected chi connectivity index (χ0v) is 11.0. The zero-order valence-electron chi connectivity index (χ0n) is 11.0. The molecule has 0 saturated heterocycles. The van der Waals surface area contributed by atoms with E-state index >= 15 is 0 Å². The van der Waals surface area contributed by atoms with Gasteiger partial charge in [-0.3, -0.25) is 4.79 Å². The molecule has 5 heteroatoms. The van der Waals surface area contributed by atoms with E-state index in [1.807, 2.05) is 13.8 Å². The summed E-state index contributed by atoms with van der Waals surface area (Å²) in [6.45, 7) is 3.73. The number of hydrogen-bond donors (Lipinski definition) is 1. The summed E-state index contributed by atoms with van der Waals surface area (Å²) in [5, 5.41) is 8.89. The van der Waals surface area contributed by atoms with Gasteiger partial charge < -0.3 is 19.3 Å². The normalized spacial score (nSPS) is 10.3. The largest absolute Gasteiger partial charge is 0.493 e. The number of hydrogen-bond acceptors (Lipinski definition) is 4. The van der Waals surface area contributed by atoms with E-state index in [1.54, 1.807) is 12.1 Å². The maximum Gasteiger partial charge on any atom is 0.307 e. The van der Waals surface area contributed by atoms with E-state index in [0.29, 0.717) is 22.8 Å². The molecular formula is C13H18O5. The molecule has 0 heterocycles. The fraction of sp³-hybridized carbons (Fsp3) is 0.462. The van der Waals surface area contributed by atoms with Crippen LogP contribution in [0.1, 0.15) is 19.4 Å². The second-order valence-corrected chi connectivity index (χ2v) is 4.03. The van der Waals surface area contributed by atoms with E-state index in [4.69, 9.17) is 19.3 Å². The molecule has 0 radical (unpaired) electrons. The van der Waals surface area contributed by atoms with Crippen LogP contribution >= 0.6 is 0 Å². The van der Waals surface area contributed by atoms with Gasteiger partial charge in [-0.15, -0.1) is 0 Å². The number of carboxylic acids is 1. The molecule has 0 aliphatic heterocycles. The van der Waals surface area contributed by atoms with Gasteiger partial charge >= 0.3 is 5.97 Å². The Kier molecular flexibility index (Phi) is 4.83. The molecule has 1 aromatic carbocycles. The van der Waals surface area contributed by atoms with Crippen molar-refractivity contribution in [3.8, 4) is 17.2 Å². The Labute approximate surface area is 106 Å². The molecule has 0 aliphatic carbocycles. The Balaban J connectivity index is 3.28. The Hall–Kier alpha value is -1.91. The molecule has 0 aromatic heterocycles. The van der Waals surface area contributed by atoms with Crippen molar-refractivity contribution in [3.05, 3.63) is 17.7 Å². The van der Waals surface area contributed by atoms with Gasteiger partial charge in [0.05, 0.1) is 26.7 Å². The monoisotopic (exact) mass is 254 g/mol. The number of ether oxygens (including phenoxy) is 3. The first-order valence-electron chi connectivity index (χ1n) is 5.61. The molecule has 0 fully saturated rings. The van der Waals surface area contributed by atoms with Gasteiger partial charge in [-0.2, -0.15) is 0 Å². The van der Waals surface area contributed by atoms with Crippen LogP contribution < -0.4 is 14.2 Å². The molecule has 1 rings (SSSR count). The highest BCUT2D eigenvalue weighted by molar-refractivity contribution is 5.73. The highest BCUT2D eigenvalue weighted by Gasteiger charge is 2.19. The molecule has 0 unspecified atom stereocenters.